The average Bonchev–Trinajstić information content (AvgIpc) is 2.52. The van der Waals surface area contributed by atoms with Crippen LogP contribution in [0.15, 0.2) is 24.3 Å². The lowest BCUT2D eigenvalue weighted by atomic mass is 10.0. The van der Waals surface area contributed by atoms with Gasteiger partial charge in [0.05, 0.1) is 19.3 Å². The van der Waals surface area contributed by atoms with E-state index in [2.05, 4.69) is 5.32 Å². The Morgan fingerprint density at radius 3 is 2.95 bits per heavy atom. The fraction of sp³-hybridized carbons (Fsp3) is 0.562. The van der Waals surface area contributed by atoms with E-state index in [-0.39, 0.29) is 5.97 Å². The highest BCUT2D eigenvalue weighted by molar-refractivity contribution is 5.90. The maximum atomic E-state index is 11.6. The molecule has 0 amide bonds. The molecule has 20 heavy (non-hydrogen) atoms. The van der Waals surface area contributed by atoms with Crippen molar-refractivity contribution in [1.82, 2.24) is 5.32 Å². The lowest BCUT2D eigenvalue weighted by Crippen LogP contribution is -2.34. The summed E-state index contributed by atoms with van der Waals surface area (Å²) in [5, 5.41) is 3.50. The van der Waals surface area contributed by atoms with Crippen molar-refractivity contribution in [3.63, 3.8) is 0 Å². The Hall–Kier alpha value is -1.39. The van der Waals surface area contributed by atoms with Crippen molar-refractivity contribution < 1.29 is 14.3 Å². The van der Waals surface area contributed by atoms with E-state index in [0.29, 0.717) is 24.8 Å². The average molecular weight is 277 g/mol. The van der Waals surface area contributed by atoms with Gasteiger partial charge in [0.1, 0.15) is 0 Å². The fourth-order valence-corrected chi connectivity index (χ4v) is 2.53. The van der Waals surface area contributed by atoms with Crippen molar-refractivity contribution in [3.8, 4) is 0 Å². The number of methoxy groups -OCH3 is 1. The number of rotatable bonds is 6. The maximum Gasteiger partial charge on any atom is 0.338 e. The van der Waals surface area contributed by atoms with Crippen LogP contribution in [-0.2, 0) is 16.1 Å². The highest BCUT2D eigenvalue weighted by Crippen LogP contribution is 2.13. The first-order valence-corrected chi connectivity index (χ1v) is 7.28. The number of nitrogens with one attached hydrogen (secondary N) is 1. The molecule has 4 nitrogen and oxygen atoms in total. The Balaban J connectivity index is 1.77. The third-order valence-electron chi connectivity index (χ3n) is 3.70. The van der Waals surface area contributed by atoms with Crippen LogP contribution in [-0.4, -0.2) is 32.3 Å². The SMILES string of the molecule is COC(=O)c1ccccc1COCC[C@@H]1CCCCN1. The molecule has 0 aliphatic carbocycles. The second-order valence-corrected chi connectivity index (χ2v) is 5.14. The van der Waals surface area contributed by atoms with Gasteiger partial charge in [0.2, 0.25) is 0 Å². The molecule has 110 valence electrons. The predicted octanol–water partition coefficient (Wildman–Crippen LogP) is 2.52. The number of piperidine rings is 1. The largest absolute Gasteiger partial charge is 0.465 e. The number of hydrogen-bond acceptors (Lipinski definition) is 4. The molecule has 0 saturated carbocycles. The summed E-state index contributed by atoms with van der Waals surface area (Å²) in [7, 11) is 1.40. The standard InChI is InChI=1S/C16H23NO3/c1-19-16(18)15-8-3-2-6-13(15)12-20-11-9-14-7-4-5-10-17-14/h2-3,6,8,14,17H,4-5,7,9-12H2,1H3/t14-/m0/s1. The highest BCUT2D eigenvalue weighted by atomic mass is 16.5. The lowest BCUT2D eigenvalue weighted by molar-refractivity contribution is 0.0590. The minimum Gasteiger partial charge on any atom is -0.465 e. The zero-order valence-electron chi connectivity index (χ0n) is 12.1. The molecule has 1 saturated heterocycles. The first kappa shape index (κ1) is 15.0. The summed E-state index contributed by atoms with van der Waals surface area (Å²) >= 11 is 0. The van der Waals surface area contributed by atoms with Crippen LogP contribution in [0.4, 0.5) is 0 Å². The number of esters is 1. The molecule has 2 rings (SSSR count). The number of carbonyl (C=O) groups excluding carboxylic acids is 1. The Kier molecular flexibility index (Phi) is 6.02. The van der Waals surface area contributed by atoms with Gasteiger partial charge >= 0.3 is 5.97 Å². The third-order valence-corrected chi connectivity index (χ3v) is 3.70. The van der Waals surface area contributed by atoms with Crippen molar-refractivity contribution in [2.75, 3.05) is 20.3 Å². The van der Waals surface area contributed by atoms with Gasteiger partial charge in [-0.05, 0) is 37.4 Å². The molecular formula is C16H23NO3. The zero-order valence-corrected chi connectivity index (χ0v) is 12.1. The van der Waals surface area contributed by atoms with Crippen LogP contribution >= 0.6 is 0 Å². The zero-order chi connectivity index (χ0) is 14.2. The van der Waals surface area contributed by atoms with Gasteiger partial charge in [0, 0.05) is 12.6 Å². The van der Waals surface area contributed by atoms with Gasteiger partial charge in [-0.3, -0.25) is 0 Å². The van der Waals surface area contributed by atoms with Gasteiger partial charge in [-0.2, -0.15) is 0 Å². The van der Waals surface area contributed by atoms with Crippen LogP contribution in [0, 0.1) is 0 Å². The van der Waals surface area contributed by atoms with Gasteiger partial charge in [-0.15, -0.1) is 0 Å². The number of hydrogen-bond donors (Lipinski definition) is 1. The quantitative estimate of drug-likeness (QED) is 0.641. The molecule has 4 heteroatoms. The summed E-state index contributed by atoms with van der Waals surface area (Å²) in [4.78, 5) is 11.6. The van der Waals surface area contributed by atoms with Gasteiger partial charge in [0.25, 0.3) is 0 Å². The van der Waals surface area contributed by atoms with Crippen molar-refractivity contribution in [3.05, 3.63) is 35.4 Å². The van der Waals surface area contributed by atoms with E-state index in [1.54, 1.807) is 6.07 Å². The molecule has 1 heterocycles. The highest BCUT2D eigenvalue weighted by Gasteiger charge is 2.13. The summed E-state index contributed by atoms with van der Waals surface area (Å²) < 4.78 is 10.5. The first-order valence-electron chi connectivity index (χ1n) is 7.28. The van der Waals surface area contributed by atoms with Gasteiger partial charge in [-0.1, -0.05) is 24.6 Å². The van der Waals surface area contributed by atoms with E-state index < -0.39 is 0 Å². The molecule has 1 aromatic carbocycles. The summed E-state index contributed by atoms with van der Waals surface area (Å²) in [6, 6.07) is 8.01. The van der Waals surface area contributed by atoms with Gasteiger partial charge < -0.3 is 14.8 Å². The second-order valence-electron chi connectivity index (χ2n) is 5.14. The summed E-state index contributed by atoms with van der Waals surface area (Å²) in [5.74, 6) is -0.307. The number of benzene rings is 1. The van der Waals surface area contributed by atoms with E-state index >= 15 is 0 Å². The molecule has 0 bridgehead atoms. The lowest BCUT2D eigenvalue weighted by Gasteiger charge is -2.23. The fourth-order valence-electron chi connectivity index (χ4n) is 2.53. The van der Waals surface area contributed by atoms with Gasteiger partial charge in [0.15, 0.2) is 0 Å². The molecular weight excluding hydrogens is 254 g/mol. The summed E-state index contributed by atoms with van der Waals surface area (Å²) in [6.07, 6.45) is 4.86. The van der Waals surface area contributed by atoms with Crippen LogP contribution in [0.25, 0.3) is 0 Å². The first-order chi connectivity index (χ1) is 9.81. The molecule has 1 aliphatic rings. The van der Waals surface area contributed by atoms with E-state index in [1.807, 2.05) is 18.2 Å². The van der Waals surface area contributed by atoms with Crippen molar-refractivity contribution in [2.24, 2.45) is 0 Å². The molecule has 1 aliphatic heterocycles. The van der Waals surface area contributed by atoms with Crippen molar-refractivity contribution in [2.45, 2.75) is 38.3 Å². The second kappa shape index (κ2) is 8.02. The van der Waals surface area contributed by atoms with E-state index in [4.69, 9.17) is 9.47 Å². The minimum atomic E-state index is -0.307. The molecule has 0 spiro atoms. The smallest absolute Gasteiger partial charge is 0.338 e. The van der Waals surface area contributed by atoms with Crippen LogP contribution in [0.5, 0.6) is 0 Å². The summed E-state index contributed by atoms with van der Waals surface area (Å²) in [5.41, 5.74) is 1.47. The third kappa shape index (κ3) is 4.32. The number of ether oxygens (including phenoxy) is 2. The van der Waals surface area contributed by atoms with Crippen LogP contribution in [0.2, 0.25) is 0 Å². The topological polar surface area (TPSA) is 47.6 Å². The van der Waals surface area contributed by atoms with Crippen molar-refractivity contribution >= 4 is 5.97 Å². The Bertz CT molecular complexity index is 427. The summed E-state index contributed by atoms with van der Waals surface area (Å²) in [6.45, 7) is 2.29. The maximum absolute atomic E-state index is 11.6. The monoisotopic (exact) mass is 277 g/mol. The molecule has 0 radical (unpaired) electrons. The number of carbonyl (C=O) groups is 1. The van der Waals surface area contributed by atoms with E-state index in [9.17, 15) is 4.79 Å². The van der Waals surface area contributed by atoms with E-state index in [0.717, 1.165) is 18.5 Å². The molecule has 1 atom stereocenters. The van der Waals surface area contributed by atoms with Crippen LogP contribution in [0.1, 0.15) is 41.6 Å². The molecule has 0 unspecified atom stereocenters. The van der Waals surface area contributed by atoms with Crippen LogP contribution < -0.4 is 5.32 Å². The molecule has 1 aromatic rings. The minimum absolute atomic E-state index is 0.307. The van der Waals surface area contributed by atoms with Crippen molar-refractivity contribution in [1.29, 1.82) is 0 Å². The molecule has 1 N–H and O–H groups in total. The molecule has 0 aromatic heterocycles. The van der Waals surface area contributed by atoms with Crippen LogP contribution in [0.3, 0.4) is 0 Å². The Labute approximate surface area is 120 Å². The van der Waals surface area contributed by atoms with Gasteiger partial charge in [-0.25, -0.2) is 4.79 Å². The normalized spacial score (nSPS) is 18.8. The van der Waals surface area contributed by atoms with E-state index in [1.165, 1.54) is 26.4 Å². The predicted molar refractivity (Wildman–Crippen MR) is 77.7 cm³/mol. The Morgan fingerprint density at radius 2 is 2.20 bits per heavy atom. The Morgan fingerprint density at radius 1 is 1.35 bits per heavy atom. The molecule has 1 fully saturated rings.